The number of benzene rings is 2. The molecule has 0 bridgehead atoms. The largest absolute Gasteiger partial charge is 0.394 e. The number of urea groups is 1. The van der Waals surface area contributed by atoms with E-state index in [0.29, 0.717) is 18.1 Å². The Hall–Kier alpha value is -2.08. The lowest BCUT2D eigenvalue weighted by Crippen LogP contribution is -2.38. The molecule has 0 aliphatic heterocycles. The molecule has 1 unspecified atom stereocenters. The van der Waals surface area contributed by atoms with E-state index in [2.05, 4.69) is 10.6 Å². The molecule has 25 heavy (non-hydrogen) atoms. The molecule has 2 amide bonds. The van der Waals surface area contributed by atoms with Crippen molar-refractivity contribution in [2.45, 2.75) is 19.6 Å². The first-order chi connectivity index (χ1) is 12.1. The van der Waals surface area contributed by atoms with Gasteiger partial charge in [0.2, 0.25) is 0 Å². The van der Waals surface area contributed by atoms with Crippen LogP contribution in [0.25, 0.3) is 0 Å². The van der Waals surface area contributed by atoms with Gasteiger partial charge in [-0.25, -0.2) is 4.79 Å². The van der Waals surface area contributed by atoms with Gasteiger partial charge < -0.3 is 20.5 Å². The van der Waals surface area contributed by atoms with E-state index >= 15 is 0 Å². The predicted octanol–water partition coefficient (Wildman–Crippen LogP) is 3.20. The van der Waals surface area contributed by atoms with Gasteiger partial charge in [0.15, 0.2) is 0 Å². The molecule has 0 aromatic heterocycles. The fraction of sp³-hybridized carbons (Fsp3) is 0.316. The van der Waals surface area contributed by atoms with Crippen LogP contribution in [0.2, 0.25) is 5.02 Å². The van der Waals surface area contributed by atoms with Crippen LogP contribution in [0, 0.1) is 6.92 Å². The molecule has 134 valence electrons. The van der Waals surface area contributed by atoms with Crippen LogP contribution < -0.4 is 10.6 Å². The second-order valence-electron chi connectivity index (χ2n) is 5.68. The molecule has 2 rings (SSSR count). The molecular weight excluding hydrogens is 340 g/mol. The molecule has 0 fully saturated rings. The third-order valence-corrected chi connectivity index (χ3v) is 3.93. The Labute approximate surface area is 153 Å². The van der Waals surface area contributed by atoms with E-state index in [-0.39, 0.29) is 25.3 Å². The van der Waals surface area contributed by atoms with E-state index in [4.69, 9.17) is 21.4 Å². The molecule has 0 heterocycles. The normalized spacial score (nSPS) is 11.8. The Balaban J connectivity index is 1.84. The van der Waals surface area contributed by atoms with Gasteiger partial charge in [0, 0.05) is 18.1 Å². The number of carbonyl (C=O) groups is 1. The van der Waals surface area contributed by atoms with Crippen LogP contribution >= 0.6 is 11.6 Å². The number of nitrogens with one attached hydrogen (secondary N) is 2. The number of hydrogen-bond acceptors (Lipinski definition) is 3. The Kier molecular flexibility index (Phi) is 7.73. The number of aliphatic hydroxyl groups is 1. The van der Waals surface area contributed by atoms with Crippen molar-refractivity contribution in [1.29, 1.82) is 0 Å². The first-order valence-corrected chi connectivity index (χ1v) is 8.51. The Morgan fingerprint density at radius 1 is 1.12 bits per heavy atom. The average molecular weight is 363 g/mol. The molecule has 1 atom stereocenters. The standard InChI is InChI=1S/C19H23ClN2O3/c1-14-2-6-16(7-3-14)18(25-11-10-23)13-22-19(24)21-12-15-4-8-17(20)9-5-15/h2-9,18,23H,10-13H2,1H3,(H2,21,22,24). The number of aryl methyl sites for hydroxylation is 1. The second kappa shape index (κ2) is 10.0. The summed E-state index contributed by atoms with van der Waals surface area (Å²) >= 11 is 5.84. The predicted molar refractivity (Wildman–Crippen MR) is 98.6 cm³/mol. The number of halogens is 1. The highest BCUT2D eigenvalue weighted by molar-refractivity contribution is 6.30. The van der Waals surface area contributed by atoms with Gasteiger partial charge in [0.25, 0.3) is 0 Å². The van der Waals surface area contributed by atoms with E-state index in [1.54, 1.807) is 12.1 Å². The third kappa shape index (κ3) is 6.74. The van der Waals surface area contributed by atoms with E-state index in [1.165, 1.54) is 0 Å². The minimum absolute atomic E-state index is 0.0644. The van der Waals surface area contributed by atoms with E-state index < -0.39 is 0 Å². The summed E-state index contributed by atoms with van der Waals surface area (Å²) in [5, 5.41) is 15.2. The quantitative estimate of drug-likeness (QED) is 0.675. The molecule has 6 heteroatoms. The number of amides is 2. The molecule has 0 aliphatic rings. The van der Waals surface area contributed by atoms with Crippen molar-refractivity contribution in [1.82, 2.24) is 10.6 Å². The fourth-order valence-electron chi connectivity index (χ4n) is 2.28. The zero-order valence-corrected chi connectivity index (χ0v) is 14.9. The maximum absolute atomic E-state index is 12.0. The van der Waals surface area contributed by atoms with Crippen molar-refractivity contribution in [2.75, 3.05) is 19.8 Å². The zero-order chi connectivity index (χ0) is 18.1. The summed E-state index contributed by atoms with van der Waals surface area (Å²) in [4.78, 5) is 12.0. The number of hydrogen-bond donors (Lipinski definition) is 3. The molecule has 3 N–H and O–H groups in total. The monoisotopic (exact) mass is 362 g/mol. The van der Waals surface area contributed by atoms with E-state index in [0.717, 1.165) is 16.7 Å². The molecule has 0 saturated carbocycles. The zero-order valence-electron chi connectivity index (χ0n) is 14.2. The van der Waals surface area contributed by atoms with Gasteiger partial charge in [-0.1, -0.05) is 53.6 Å². The SMILES string of the molecule is Cc1ccc(C(CNC(=O)NCc2ccc(Cl)cc2)OCCO)cc1. The molecule has 0 radical (unpaired) electrons. The fourth-order valence-corrected chi connectivity index (χ4v) is 2.41. The summed E-state index contributed by atoms with van der Waals surface area (Å²) in [5.74, 6) is 0. The Morgan fingerprint density at radius 2 is 1.80 bits per heavy atom. The maximum atomic E-state index is 12.0. The summed E-state index contributed by atoms with van der Waals surface area (Å²) in [6.07, 6.45) is -0.311. The van der Waals surface area contributed by atoms with Crippen LogP contribution in [0.3, 0.4) is 0 Å². The highest BCUT2D eigenvalue weighted by Crippen LogP contribution is 2.17. The van der Waals surface area contributed by atoms with Crippen LogP contribution in [-0.4, -0.2) is 30.9 Å². The molecule has 0 spiro atoms. The summed E-state index contributed by atoms with van der Waals surface area (Å²) < 4.78 is 5.64. The number of carbonyl (C=O) groups excluding carboxylic acids is 1. The first kappa shape index (κ1) is 19.2. The van der Waals surface area contributed by atoms with Crippen LogP contribution in [0.4, 0.5) is 4.79 Å². The number of ether oxygens (including phenoxy) is 1. The van der Waals surface area contributed by atoms with Gasteiger partial charge in [0.05, 0.1) is 19.3 Å². The average Bonchev–Trinajstić information content (AvgIpc) is 2.62. The number of aliphatic hydroxyl groups excluding tert-OH is 1. The maximum Gasteiger partial charge on any atom is 0.315 e. The lowest BCUT2D eigenvalue weighted by Gasteiger charge is -2.19. The third-order valence-electron chi connectivity index (χ3n) is 3.67. The summed E-state index contributed by atoms with van der Waals surface area (Å²) in [5.41, 5.74) is 3.07. The van der Waals surface area contributed by atoms with Gasteiger partial charge in [-0.2, -0.15) is 0 Å². The smallest absolute Gasteiger partial charge is 0.315 e. The van der Waals surface area contributed by atoms with Gasteiger partial charge in [-0.05, 0) is 30.2 Å². The summed E-state index contributed by atoms with van der Waals surface area (Å²) in [6.45, 7) is 2.89. The minimum atomic E-state index is -0.311. The van der Waals surface area contributed by atoms with E-state index in [1.807, 2.05) is 43.3 Å². The molecule has 2 aromatic carbocycles. The van der Waals surface area contributed by atoms with Gasteiger partial charge in [-0.15, -0.1) is 0 Å². The first-order valence-electron chi connectivity index (χ1n) is 8.13. The lowest BCUT2D eigenvalue weighted by atomic mass is 10.1. The van der Waals surface area contributed by atoms with E-state index in [9.17, 15) is 4.79 Å². The van der Waals surface area contributed by atoms with Crippen molar-refractivity contribution in [3.63, 3.8) is 0 Å². The van der Waals surface area contributed by atoms with Crippen LogP contribution in [-0.2, 0) is 11.3 Å². The molecule has 0 saturated heterocycles. The summed E-state index contributed by atoms with van der Waals surface area (Å²) in [6, 6.07) is 14.9. The van der Waals surface area contributed by atoms with Gasteiger partial charge in [-0.3, -0.25) is 0 Å². The molecule has 5 nitrogen and oxygen atoms in total. The summed E-state index contributed by atoms with van der Waals surface area (Å²) in [7, 11) is 0. The lowest BCUT2D eigenvalue weighted by molar-refractivity contribution is 0.0294. The molecule has 0 aliphatic carbocycles. The van der Waals surface area contributed by atoms with Crippen LogP contribution in [0.15, 0.2) is 48.5 Å². The van der Waals surface area contributed by atoms with Gasteiger partial charge in [0.1, 0.15) is 0 Å². The van der Waals surface area contributed by atoms with Gasteiger partial charge >= 0.3 is 6.03 Å². The molecule has 2 aromatic rings. The van der Waals surface area contributed by atoms with Crippen molar-refractivity contribution < 1.29 is 14.6 Å². The highest BCUT2D eigenvalue weighted by Gasteiger charge is 2.13. The topological polar surface area (TPSA) is 70.6 Å². The Morgan fingerprint density at radius 3 is 2.44 bits per heavy atom. The van der Waals surface area contributed by atoms with Crippen molar-refractivity contribution >= 4 is 17.6 Å². The second-order valence-corrected chi connectivity index (χ2v) is 6.12. The van der Waals surface area contributed by atoms with Crippen LogP contribution in [0.1, 0.15) is 22.8 Å². The number of rotatable bonds is 8. The highest BCUT2D eigenvalue weighted by atomic mass is 35.5. The van der Waals surface area contributed by atoms with Crippen molar-refractivity contribution in [3.8, 4) is 0 Å². The Bertz CT molecular complexity index is 659. The van der Waals surface area contributed by atoms with Crippen molar-refractivity contribution in [3.05, 3.63) is 70.2 Å². The van der Waals surface area contributed by atoms with Crippen LogP contribution in [0.5, 0.6) is 0 Å². The molecular formula is C19H23ClN2O3. The minimum Gasteiger partial charge on any atom is -0.394 e. The van der Waals surface area contributed by atoms with Crippen molar-refractivity contribution in [2.24, 2.45) is 0 Å².